The Hall–Kier alpha value is -2.63. The van der Waals surface area contributed by atoms with Crippen LogP contribution in [0.3, 0.4) is 0 Å². The number of carbonyl (C=O) groups is 1. The number of nitrogens with one attached hydrogen (secondary N) is 1. The Bertz CT molecular complexity index is 923. The van der Waals surface area contributed by atoms with E-state index in [0.29, 0.717) is 13.0 Å². The predicted molar refractivity (Wildman–Crippen MR) is 96.1 cm³/mol. The van der Waals surface area contributed by atoms with Crippen LogP contribution >= 0.6 is 0 Å². The van der Waals surface area contributed by atoms with Crippen molar-refractivity contribution in [1.29, 1.82) is 0 Å². The fourth-order valence-corrected chi connectivity index (χ4v) is 3.69. The van der Waals surface area contributed by atoms with E-state index in [2.05, 4.69) is 40.6 Å². The SMILES string of the molecule is Cc1ccc2cnn(CCC(=O)NC3CCCc4c3cnn4C)c2c1. The minimum absolute atomic E-state index is 0.0676. The molecule has 1 amide bonds. The third kappa shape index (κ3) is 3.04. The van der Waals surface area contributed by atoms with Crippen molar-refractivity contribution in [3.05, 3.63) is 47.4 Å². The molecule has 1 aliphatic carbocycles. The number of rotatable bonds is 4. The van der Waals surface area contributed by atoms with E-state index in [1.54, 1.807) is 0 Å². The van der Waals surface area contributed by atoms with Gasteiger partial charge in [-0.3, -0.25) is 14.2 Å². The molecule has 2 aromatic heterocycles. The molecule has 0 bridgehead atoms. The molecule has 0 saturated heterocycles. The van der Waals surface area contributed by atoms with Gasteiger partial charge in [0.25, 0.3) is 0 Å². The van der Waals surface area contributed by atoms with Crippen molar-refractivity contribution in [2.24, 2.45) is 7.05 Å². The Morgan fingerprint density at radius 2 is 2.20 bits per heavy atom. The van der Waals surface area contributed by atoms with Crippen LogP contribution < -0.4 is 5.32 Å². The van der Waals surface area contributed by atoms with Crippen molar-refractivity contribution in [3.8, 4) is 0 Å². The van der Waals surface area contributed by atoms with Crippen LogP contribution in [0, 0.1) is 6.92 Å². The Morgan fingerprint density at radius 3 is 3.08 bits per heavy atom. The molecule has 1 unspecified atom stereocenters. The second-order valence-electron chi connectivity index (χ2n) is 6.86. The molecule has 6 nitrogen and oxygen atoms in total. The minimum atomic E-state index is 0.0676. The monoisotopic (exact) mass is 337 g/mol. The van der Waals surface area contributed by atoms with Crippen LogP contribution in [-0.2, 0) is 24.8 Å². The van der Waals surface area contributed by atoms with E-state index in [1.165, 1.54) is 16.8 Å². The number of hydrogen-bond acceptors (Lipinski definition) is 3. The minimum Gasteiger partial charge on any atom is -0.349 e. The highest BCUT2D eigenvalue weighted by molar-refractivity contribution is 5.80. The van der Waals surface area contributed by atoms with Gasteiger partial charge in [0.05, 0.1) is 30.5 Å². The number of benzene rings is 1. The molecule has 0 aliphatic heterocycles. The topological polar surface area (TPSA) is 64.7 Å². The molecule has 1 N–H and O–H groups in total. The van der Waals surface area contributed by atoms with Gasteiger partial charge in [0.2, 0.25) is 5.91 Å². The second kappa shape index (κ2) is 6.35. The molecule has 1 atom stereocenters. The summed E-state index contributed by atoms with van der Waals surface area (Å²) in [5.41, 5.74) is 4.69. The van der Waals surface area contributed by atoms with E-state index in [0.717, 1.165) is 30.2 Å². The van der Waals surface area contributed by atoms with Crippen LogP contribution in [0.15, 0.2) is 30.6 Å². The molecule has 1 aliphatic rings. The number of nitrogens with zero attached hydrogens (tertiary/aromatic N) is 4. The first-order valence-corrected chi connectivity index (χ1v) is 8.84. The average Bonchev–Trinajstić information content (AvgIpc) is 3.17. The fourth-order valence-electron chi connectivity index (χ4n) is 3.69. The third-order valence-corrected chi connectivity index (χ3v) is 5.06. The number of fused-ring (bicyclic) bond motifs is 2. The highest BCUT2D eigenvalue weighted by Gasteiger charge is 2.24. The molecular formula is C19H23N5O. The van der Waals surface area contributed by atoms with Crippen molar-refractivity contribution in [3.63, 3.8) is 0 Å². The van der Waals surface area contributed by atoms with Crippen LogP contribution in [0.2, 0.25) is 0 Å². The lowest BCUT2D eigenvalue weighted by atomic mass is 9.93. The van der Waals surface area contributed by atoms with Gasteiger partial charge in [0.15, 0.2) is 0 Å². The molecule has 0 saturated carbocycles. The second-order valence-corrected chi connectivity index (χ2v) is 6.86. The molecule has 0 fully saturated rings. The molecule has 2 heterocycles. The van der Waals surface area contributed by atoms with Gasteiger partial charge in [-0.25, -0.2) is 0 Å². The molecule has 130 valence electrons. The summed E-state index contributed by atoms with van der Waals surface area (Å²) in [6.45, 7) is 2.66. The summed E-state index contributed by atoms with van der Waals surface area (Å²) in [6.07, 6.45) is 7.28. The van der Waals surface area contributed by atoms with Gasteiger partial charge in [0.1, 0.15) is 0 Å². The standard InChI is InChI=1S/C19H23N5O/c1-13-6-7-14-11-21-24(18(14)10-13)9-8-19(25)22-16-4-3-5-17-15(16)12-20-23(17)2/h6-7,10-12,16H,3-5,8-9H2,1-2H3,(H,22,25). The summed E-state index contributed by atoms with van der Waals surface area (Å²) in [4.78, 5) is 12.4. The molecule has 0 radical (unpaired) electrons. The largest absolute Gasteiger partial charge is 0.349 e. The summed E-state index contributed by atoms with van der Waals surface area (Å²) >= 11 is 0. The van der Waals surface area contributed by atoms with Gasteiger partial charge in [0, 0.05) is 30.1 Å². The lowest BCUT2D eigenvalue weighted by molar-refractivity contribution is -0.122. The summed E-state index contributed by atoms with van der Waals surface area (Å²) in [7, 11) is 1.97. The van der Waals surface area contributed by atoms with Crippen molar-refractivity contribution in [1.82, 2.24) is 24.9 Å². The van der Waals surface area contributed by atoms with Crippen molar-refractivity contribution < 1.29 is 4.79 Å². The molecule has 1 aromatic carbocycles. The van der Waals surface area contributed by atoms with Crippen molar-refractivity contribution >= 4 is 16.8 Å². The zero-order chi connectivity index (χ0) is 17.4. The first kappa shape index (κ1) is 15.9. The van der Waals surface area contributed by atoms with E-state index in [9.17, 15) is 4.79 Å². The van der Waals surface area contributed by atoms with Crippen LogP contribution in [0.1, 0.15) is 42.1 Å². The summed E-state index contributed by atoms with van der Waals surface area (Å²) in [6, 6.07) is 6.35. The van der Waals surface area contributed by atoms with Crippen molar-refractivity contribution in [2.75, 3.05) is 0 Å². The Kier molecular flexibility index (Phi) is 4.03. The fraction of sp³-hybridized carbons (Fsp3) is 0.421. The highest BCUT2D eigenvalue weighted by Crippen LogP contribution is 2.29. The quantitative estimate of drug-likeness (QED) is 0.796. The third-order valence-electron chi connectivity index (χ3n) is 5.06. The number of aryl methyl sites for hydroxylation is 3. The zero-order valence-electron chi connectivity index (χ0n) is 14.7. The number of carbonyl (C=O) groups excluding carboxylic acids is 1. The number of aromatic nitrogens is 4. The molecule has 0 spiro atoms. The van der Waals surface area contributed by atoms with E-state index in [-0.39, 0.29) is 11.9 Å². The van der Waals surface area contributed by atoms with Crippen LogP contribution in [0.5, 0.6) is 0 Å². The smallest absolute Gasteiger partial charge is 0.222 e. The number of amides is 1. The summed E-state index contributed by atoms with van der Waals surface area (Å²) in [5.74, 6) is 0.0676. The van der Waals surface area contributed by atoms with Gasteiger partial charge in [-0.15, -0.1) is 0 Å². The molecule has 3 aromatic rings. The number of hydrogen-bond donors (Lipinski definition) is 1. The highest BCUT2D eigenvalue weighted by atomic mass is 16.1. The van der Waals surface area contributed by atoms with Gasteiger partial charge in [-0.1, -0.05) is 12.1 Å². The van der Waals surface area contributed by atoms with E-state index in [1.807, 2.05) is 28.8 Å². The first-order chi connectivity index (χ1) is 12.1. The maximum Gasteiger partial charge on any atom is 0.222 e. The molecule has 25 heavy (non-hydrogen) atoms. The molecule has 4 rings (SSSR count). The first-order valence-electron chi connectivity index (χ1n) is 8.84. The average molecular weight is 337 g/mol. The molecule has 6 heteroatoms. The lowest BCUT2D eigenvalue weighted by Crippen LogP contribution is -2.31. The van der Waals surface area contributed by atoms with E-state index in [4.69, 9.17) is 0 Å². The van der Waals surface area contributed by atoms with Crippen LogP contribution in [-0.4, -0.2) is 25.5 Å². The van der Waals surface area contributed by atoms with Crippen molar-refractivity contribution in [2.45, 2.75) is 45.2 Å². The molecular weight excluding hydrogens is 314 g/mol. The van der Waals surface area contributed by atoms with Crippen LogP contribution in [0.4, 0.5) is 0 Å². The predicted octanol–water partition coefficient (Wildman–Crippen LogP) is 2.66. The zero-order valence-corrected chi connectivity index (χ0v) is 14.7. The Morgan fingerprint density at radius 1 is 1.32 bits per heavy atom. The maximum atomic E-state index is 12.4. The van der Waals surface area contributed by atoms with Gasteiger partial charge in [-0.05, 0) is 37.8 Å². The van der Waals surface area contributed by atoms with Gasteiger partial charge in [-0.2, -0.15) is 10.2 Å². The van der Waals surface area contributed by atoms with Crippen LogP contribution in [0.25, 0.3) is 10.9 Å². The van der Waals surface area contributed by atoms with Gasteiger partial charge < -0.3 is 5.32 Å². The summed E-state index contributed by atoms with van der Waals surface area (Å²) < 4.78 is 3.84. The van der Waals surface area contributed by atoms with E-state index >= 15 is 0 Å². The lowest BCUT2D eigenvalue weighted by Gasteiger charge is -2.23. The Balaban J connectivity index is 1.42. The maximum absolute atomic E-state index is 12.4. The Labute approximate surface area is 146 Å². The summed E-state index contributed by atoms with van der Waals surface area (Å²) in [5, 5.41) is 13.0. The van der Waals surface area contributed by atoms with Gasteiger partial charge >= 0.3 is 0 Å². The normalized spacial score (nSPS) is 16.8. The van der Waals surface area contributed by atoms with E-state index < -0.39 is 0 Å².